The van der Waals surface area contributed by atoms with Gasteiger partial charge in [-0.15, -0.1) is 0 Å². The first-order valence-corrected chi connectivity index (χ1v) is 5.65. The lowest BCUT2D eigenvalue weighted by atomic mass is 10.0. The molecule has 0 saturated heterocycles. The number of hydrogen-bond acceptors (Lipinski definition) is 4. The van der Waals surface area contributed by atoms with E-state index in [1.165, 1.54) is 7.11 Å². The van der Waals surface area contributed by atoms with Gasteiger partial charge in [0.1, 0.15) is 5.02 Å². The predicted molar refractivity (Wildman–Crippen MR) is 64.0 cm³/mol. The summed E-state index contributed by atoms with van der Waals surface area (Å²) < 4.78 is 4.96. The Morgan fingerprint density at radius 3 is 3.06 bits per heavy atom. The standard InChI is InChI=1S/C11H14ClN3O/c1-16-11-13-7-9(12)10(15-11)14-8-5-3-2-4-6-8/h2-3,7-8H,4-6H2,1H3,(H,13,14,15). The smallest absolute Gasteiger partial charge is 0.318 e. The number of anilines is 1. The van der Waals surface area contributed by atoms with Crippen molar-refractivity contribution in [1.29, 1.82) is 0 Å². The van der Waals surface area contributed by atoms with Gasteiger partial charge in [-0.25, -0.2) is 4.98 Å². The van der Waals surface area contributed by atoms with Crippen molar-refractivity contribution in [2.24, 2.45) is 0 Å². The Morgan fingerprint density at radius 1 is 1.50 bits per heavy atom. The van der Waals surface area contributed by atoms with Crippen LogP contribution in [0.1, 0.15) is 19.3 Å². The van der Waals surface area contributed by atoms with E-state index in [9.17, 15) is 0 Å². The maximum absolute atomic E-state index is 6.01. The summed E-state index contributed by atoms with van der Waals surface area (Å²) >= 11 is 6.01. The van der Waals surface area contributed by atoms with Gasteiger partial charge >= 0.3 is 6.01 Å². The summed E-state index contributed by atoms with van der Waals surface area (Å²) in [7, 11) is 1.54. The summed E-state index contributed by atoms with van der Waals surface area (Å²) in [6.45, 7) is 0. The minimum absolute atomic E-state index is 0.332. The number of allylic oxidation sites excluding steroid dienone is 1. The maximum atomic E-state index is 6.01. The number of halogens is 1. The van der Waals surface area contributed by atoms with E-state index in [4.69, 9.17) is 16.3 Å². The summed E-state index contributed by atoms with van der Waals surface area (Å²) in [5.74, 6) is 0.647. The number of nitrogens with one attached hydrogen (secondary N) is 1. The fourth-order valence-corrected chi connectivity index (χ4v) is 1.81. The van der Waals surface area contributed by atoms with Gasteiger partial charge in [0.25, 0.3) is 0 Å². The van der Waals surface area contributed by atoms with Crippen LogP contribution in [0.2, 0.25) is 5.02 Å². The van der Waals surface area contributed by atoms with Crippen molar-refractivity contribution in [3.8, 4) is 6.01 Å². The summed E-state index contributed by atoms with van der Waals surface area (Å²) in [5, 5.41) is 3.83. The fourth-order valence-electron chi connectivity index (χ4n) is 1.67. The molecule has 1 aliphatic carbocycles. The van der Waals surface area contributed by atoms with Crippen molar-refractivity contribution in [1.82, 2.24) is 9.97 Å². The zero-order valence-electron chi connectivity index (χ0n) is 9.11. The Balaban J connectivity index is 2.10. The third-order valence-corrected chi connectivity index (χ3v) is 2.79. The van der Waals surface area contributed by atoms with Crippen LogP contribution in [0.25, 0.3) is 0 Å². The lowest BCUT2D eigenvalue weighted by Crippen LogP contribution is -2.21. The van der Waals surface area contributed by atoms with Gasteiger partial charge in [-0.1, -0.05) is 23.8 Å². The van der Waals surface area contributed by atoms with Crippen molar-refractivity contribution in [2.75, 3.05) is 12.4 Å². The third kappa shape index (κ3) is 2.64. The van der Waals surface area contributed by atoms with Crippen LogP contribution in [0.5, 0.6) is 6.01 Å². The molecular formula is C11H14ClN3O. The van der Waals surface area contributed by atoms with Crippen LogP contribution in [0.4, 0.5) is 5.82 Å². The molecule has 2 rings (SSSR count). The molecule has 1 N–H and O–H groups in total. The number of hydrogen-bond donors (Lipinski definition) is 1. The third-order valence-electron chi connectivity index (χ3n) is 2.51. The van der Waals surface area contributed by atoms with E-state index in [0.717, 1.165) is 19.3 Å². The Bertz CT molecular complexity index is 395. The number of nitrogens with zero attached hydrogens (tertiary/aromatic N) is 2. The summed E-state index contributed by atoms with van der Waals surface area (Å²) in [4.78, 5) is 8.12. The Labute approximate surface area is 99.7 Å². The molecular weight excluding hydrogens is 226 g/mol. The molecule has 0 bridgehead atoms. The van der Waals surface area contributed by atoms with Gasteiger partial charge in [-0.2, -0.15) is 4.98 Å². The van der Waals surface area contributed by atoms with Crippen LogP contribution in [0.15, 0.2) is 18.3 Å². The van der Waals surface area contributed by atoms with E-state index < -0.39 is 0 Å². The minimum Gasteiger partial charge on any atom is -0.467 e. The number of ether oxygens (including phenoxy) is 1. The molecule has 1 aliphatic rings. The van der Waals surface area contributed by atoms with E-state index in [1.54, 1.807) is 6.20 Å². The molecule has 0 aromatic carbocycles. The lowest BCUT2D eigenvalue weighted by Gasteiger charge is -2.20. The first-order chi connectivity index (χ1) is 7.79. The molecule has 0 fully saturated rings. The van der Waals surface area contributed by atoms with Gasteiger partial charge in [-0.05, 0) is 19.3 Å². The van der Waals surface area contributed by atoms with E-state index in [-0.39, 0.29) is 0 Å². The van der Waals surface area contributed by atoms with Crippen molar-refractivity contribution in [3.63, 3.8) is 0 Å². The SMILES string of the molecule is COc1ncc(Cl)c(NC2CC=CCC2)n1. The topological polar surface area (TPSA) is 47.0 Å². The zero-order valence-corrected chi connectivity index (χ0v) is 9.87. The molecule has 1 heterocycles. The second-order valence-electron chi connectivity index (χ2n) is 3.68. The average molecular weight is 240 g/mol. The zero-order chi connectivity index (χ0) is 11.4. The molecule has 4 nitrogen and oxygen atoms in total. The molecule has 1 aromatic rings. The predicted octanol–water partition coefficient (Wildman–Crippen LogP) is 2.66. The van der Waals surface area contributed by atoms with E-state index in [0.29, 0.717) is 22.9 Å². The Morgan fingerprint density at radius 2 is 2.38 bits per heavy atom. The Kier molecular flexibility index (Phi) is 3.62. The number of aromatic nitrogens is 2. The van der Waals surface area contributed by atoms with Crippen LogP contribution in [0, 0.1) is 0 Å². The highest BCUT2D eigenvalue weighted by molar-refractivity contribution is 6.32. The second-order valence-corrected chi connectivity index (χ2v) is 4.09. The highest BCUT2D eigenvalue weighted by Gasteiger charge is 2.13. The van der Waals surface area contributed by atoms with Crippen molar-refractivity contribution in [2.45, 2.75) is 25.3 Å². The van der Waals surface area contributed by atoms with Gasteiger partial charge in [-0.3, -0.25) is 0 Å². The van der Waals surface area contributed by atoms with Gasteiger partial charge < -0.3 is 10.1 Å². The van der Waals surface area contributed by atoms with Crippen LogP contribution in [-0.2, 0) is 0 Å². The van der Waals surface area contributed by atoms with Crippen molar-refractivity contribution < 1.29 is 4.74 Å². The van der Waals surface area contributed by atoms with Crippen LogP contribution in [0.3, 0.4) is 0 Å². The Hall–Kier alpha value is -1.29. The van der Waals surface area contributed by atoms with E-state index in [1.807, 2.05) is 0 Å². The fraction of sp³-hybridized carbons (Fsp3) is 0.455. The summed E-state index contributed by atoms with van der Waals surface area (Å²) in [5.41, 5.74) is 0. The highest BCUT2D eigenvalue weighted by atomic mass is 35.5. The normalized spacial score (nSPS) is 19.5. The molecule has 16 heavy (non-hydrogen) atoms. The molecule has 0 amide bonds. The van der Waals surface area contributed by atoms with Crippen molar-refractivity contribution >= 4 is 17.4 Å². The first-order valence-electron chi connectivity index (χ1n) is 5.27. The molecule has 1 atom stereocenters. The summed E-state index contributed by atoms with van der Waals surface area (Å²) in [6, 6.07) is 0.723. The van der Waals surface area contributed by atoms with Crippen molar-refractivity contribution in [3.05, 3.63) is 23.4 Å². The molecule has 1 unspecified atom stereocenters. The lowest BCUT2D eigenvalue weighted by molar-refractivity contribution is 0.380. The van der Waals surface area contributed by atoms with E-state index in [2.05, 4.69) is 27.4 Å². The molecule has 0 spiro atoms. The van der Waals surface area contributed by atoms with Gasteiger partial charge in [0, 0.05) is 6.04 Å². The number of methoxy groups -OCH3 is 1. The first kappa shape index (κ1) is 11.2. The molecule has 0 saturated carbocycles. The molecule has 86 valence electrons. The van der Waals surface area contributed by atoms with Crippen LogP contribution < -0.4 is 10.1 Å². The van der Waals surface area contributed by atoms with Crippen LogP contribution in [-0.4, -0.2) is 23.1 Å². The monoisotopic (exact) mass is 239 g/mol. The van der Waals surface area contributed by atoms with Crippen LogP contribution >= 0.6 is 11.6 Å². The highest BCUT2D eigenvalue weighted by Crippen LogP contribution is 2.23. The second kappa shape index (κ2) is 5.16. The van der Waals surface area contributed by atoms with Gasteiger partial charge in [0.05, 0.1) is 13.3 Å². The minimum atomic E-state index is 0.332. The largest absolute Gasteiger partial charge is 0.467 e. The van der Waals surface area contributed by atoms with Gasteiger partial charge in [0.15, 0.2) is 5.82 Å². The molecule has 0 aliphatic heterocycles. The molecule has 5 heteroatoms. The summed E-state index contributed by atoms with van der Waals surface area (Å²) in [6.07, 6.45) is 9.11. The molecule has 0 radical (unpaired) electrons. The molecule has 1 aromatic heterocycles. The quantitative estimate of drug-likeness (QED) is 0.824. The van der Waals surface area contributed by atoms with E-state index >= 15 is 0 Å². The maximum Gasteiger partial charge on any atom is 0.318 e. The average Bonchev–Trinajstić information content (AvgIpc) is 2.33. The number of rotatable bonds is 3. The van der Waals surface area contributed by atoms with Gasteiger partial charge in [0.2, 0.25) is 0 Å².